The molecule has 0 radical (unpaired) electrons. The monoisotopic (exact) mass is 526 g/mol. The normalized spacial score (nSPS) is 18.4. The first-order valence-electron chi connectivity index (χ1n) is 13.7. The highest BCUT2D eigenvalue weighted by Gasteiger charge is 2.33. The van der Waals surface area contributed by atoms with Crippen LogP contribution in [-0.2, 0) is 9.47 Å². The Morgan fingerprint density at radius 3 is 1.40 bits per heavy atom. The van der Waals surface area contributed by atoms with Gasteiger partial charge in [-0.3, -0.25) is 0 Å². The number of rotatable bonds is 5. The van der Waals surface area contributed by atoms with E-state index in [4.69, 9.17) is 19.5 Å². The van der Waals surface area contributed by atoms with E-state index >= 15 is 0 Å². The summed E-state index contributed by atoms with van der Waals surface area (Å²) < 4.78 is 12.4. The zero-order valence-corrected chi connectivity index (χ0v) is 23.1. The van der Waals surface area contributed by atoms with Gasteiger partial charge in [-0.25, -0.2) is 9.98 Å². The van der Waals surface area contributed by atoms with Crippen molar-refractivity contribution in [2.24, 2.45) is 21.8 Å². The molecule has 0 spiro atoms. The topological polar surface area (TPSA) is 90.8 Å². The lowest BCUT2D eigenvalue weighted by atomic mass is 9.83. The van der Waals surface area contributed by atoms with Crippen molar-refractivity contribution >= 4 is 33.3 Å². The van der Waals surface area contributed by atoms with Crippen molar-refractivity contribution in [3.63, 3.8) is 0 Å². The van der Waals surface area contributed by atoms with Crippen LogP contribution in [0.4, 0.5) is 0 Å². The van der Waals surface area contributed by atoms with Crippen molar-refractivity contribution in [1.82, 2.24) is 0 Å². The number of ether oxygens (including phenoxy) is 2. The second-order valence-electron chi connectivity index (χ2n) is 11.1. The van der Waals surface area contributed by atoms with Crippen LogP contribution >= 0.6 is 0 Å². The van der Waals surface area contributed by atoms with E-state index in [1.54, 1.807) is 0 Å². The molecule has 0 bridgehead atoms. The standard InChI is InChI=1S/C34H30N4O2/c1-19(2)27-17-39-33(37-27)29-23(15-35)13-21-9-5-7-11-25(21)31(29)32-26-12-8-6-10-22(26)14-24(16-36)30(32)34-38-28(18-40-34)20(3)4/h5-14,19-20,27-28H,17-18H2,1-4H3/t27-,28-/m1/s1. The summed E-state index contributed by atoms with van der Waals surface area (Å²) in [5.74, 6) is 1.50. The number of aliphatic imine (C=N–C) groups is 2. The molecule has 198 valence electrons. The minimum atomic E-state index is -0.00291. The van der Waals surface area contributed by atoms with Crippen LogP contribution in [0, 0.1) is 34.5 Å². The van der Waals surface area contributed by atoms with Crippen molar-refractivity contribution in [2.45, 2.75) is 39.8 Å². The van der Waals surface area contributed by atoms with Crippen molar-refractivity contribution in [3.8, 4) is 23.3 Å². The molecular weight excluding hydrogens is 496 g/mol. The van der Waals surface area contributed by atoms with Crippen LogP contribution in [0.15, 0.2) is 70.6 Å². The molecule has 2 heterocycles. The summed E-state index contributed by atoms with van der Waals surface area (Å²) in [5, 5.41) is 24.5. The van der Waals surface area contributed by atoms with Gasteiger partial charge in [-0.1, -0.05) is 76.2 Å². The molecule has 0 fully saturated rings. The third-order valence-corrected chi connectivity index (χ3v) is 7.90. The maximum absolute atomic E-state index is 10.4. The fourth-order valence-electron chi connectivity index (χ4n) is 5.57. The van der Waals surface area contributed by atoms with Crippen LogP contribution in [0.1, 0.15) is 49.9 Å². The van der Waals surface area contributed by atoms with E-state index in [1.165, 1.54) is 0 Å². The Balaban J connectivity index is 1.80. The van der Waals surface area contributed by atoms with Crippen molar-refractivity contribution in [1.29, 1.82) is 10.5 Å². The first-order valence-corrected chi connectivity index (χ1v) is 13.7. The quantitative estimate of drug-likeness (QED) is 0.280. The largest absolute Gasteiger partial charge is 0.475 e. The molecule has 4 aromatic carbocycles. The Morgan fingerprint density at radius 2 is 1.05 bits per heavy atom. The lowest BCUT2D eigenvalue weighted by molar-refractivity contribution is 0.291. The van der Waals surface area contributed by atoms with Crippen LogP contribution in [0.2, 0.25) is 0 Å². The summed E-state index contributed by atoms with van der Waals surface area (Å²) in [7, 11) is 0. The third kappa shape index (κ3) is 4.17. The van der Waals surface area contributed by atoms with Gasteiger partial charge >= 0.3 is 0 Å². The minimum Gasteiger partial charge on any atom is -0.475 e. The van der Waals surface area contributed by atoms with Crippen LogP contribution in [0.25, 0.3) is 32.7 Å². The molecule has 2 aliphatic heterocycles. The molecule has 6 nitrogen and oxygen atoms in total. The van der Waals surface area contributed by atoms with Gasteiger partial charge in [-0.15, -0.1) is 0 Å². The third-order valence-electron chi connectivity index (χ3n) is 7.90. The molecule has 0 N–H and O–H groups in total. The zero-order valence-electron chi connectivity index (χ0n) is 23.1. The van der Waals surface area contributed by atoms with Gasteiger partial charge in [0, 0.05) is 11.1 Å². The van der Waals surface area contributed by atoms with E-state index in [9.17, 15) is 10.5 Å². The Bertz CT molecular complexity index is 1670. The highest BCUT2D eigenvalue weighted by molar-refractivity contribution is 6.21. The molecule has 6 heteroatoms. The fraction of sp³-hybridized carbons (Fsp3) is 0.294. The van der Waals surface area contributed by atoms with Gasteiger partial charge in [-0.05, 0) is 45.5 Å². The highest BCUT2D eigenvalue weighted by Crippen LogP contribution is 2.43. The summed E-state index contributed by atoms with van der Waals surface area (Å²) in [4.78, 5) is 9.92. The molecule has 0 unspecified atom stereocenters. The van der Waals surface area contributed by atoms with Crippen LogP contribution in [0.5, 0.6) is 0 Å². The smallest absolute Gasteiger partial charge is 0.218 e. The van der Waals surface area contributed by atoms with Crippen LogP contribution in [-0.4, -0.2) is 37.1 Å². The lowest BCUT2D eigenvalue weighted by Gasteiger charge is -2.21. The second-order valence-corrected chi connectivity index (χ2v) is 11.1. The zero-order chi connectivity index (χ0) is 28.0. The van der Waals surface area contributed by atoms with Crippen LogP contribution in [0.3, 0.4) is 0 Å². The van der Waals surface area contributed by atoms with Gasteiger partial charge in [0.2, 0.25) is 11.8 Å². The number of hydrogen-bond acceptors (Lipinski definition) is 6. The van der Waals surface area contributed by atoms with Gasteiger partial charge in [0.15, 0.2) is 0 Å². The maximum Gasteiger partial charge on any atom is 0.218 e. The predicted octanol–water partition coefficient (Wildman–Crippen LogP) is 7.01. The van der Waals surface area contributed by atoms with Gasteiger partial charge in [-0.2, -0.15) is 10.5 Å². The SMILES string of the molecule is CC(C)[C@H]1COC(c2c(C#N)cc3ccccc3c2-c2c(C3=N[C@@H](C(C)C)CO3)c(C#N)cc3ccccc23)=N1. The lowest BCUT2D eigenvalue weighted by Crippen LogP contribution is -2.13. The second kappa shape index (κ2) is 10.1. The number of fused-ring (bicyclic) bond motifs is 2. The van der Waals surface area contributed by atoms with Crippen molar-refractivity contribution in [3.05, 3.63) is 82.9 Å². The predicted molar refractivity (Wildman–Crippen MR) is 159 cm³/mol. The van der Waals surface area contributed by atoms with E-state index in [-0.39, 0.29) is 12.1 Å². The first-order chi connectivity index (χ1) is 19.4. The molecule has 40 heavy (non-hydrogen) atoms. The molecule has 0 amide bonds. The molecule has 0 aromatic heterocycles. The number of nitriles is 2. The number of benzene rings is 4. The Morgan fingerprint density at radius 1 is 0.650 bits per heavy atom. The van der Waals surface area contributed by atoms with E-state index < -0.39 is 0 Å². The fourth-order valence-corrected chi connectivity index (χ4v) is 5.57. The molecule has 4 aromatic rings. The maximum atomic E-state index is 10.4. The minimum absolute atomic E-state index is 0.00291. The summed E-state index contributed by atoms with van der Waals surface area (Å²) >= 11 is 0. The highest BCUT2D eigenvalue weighted by atomic mass is 16.5. The summed E-state index contributed by atoms with van der Waals surface area (Å²) in [5.41, 5.74) is 3.85. The molecule has 2 atom stereocenters. The van der Waals surface area contributed by atoms with Gasteiger partial charge in [0.05, 0.1) is 46.5 Å². The van der Waals surface area contributed by atoms with Gasteiger partial charge in [0.25, 0.3) is 0 Å². The van der Waals surface area contributed by atoms with E-state index in [1.807, 2.05) is 48.5 Å². The number of nitrogens with zero attached hydrogens (tertiary/aromatic N) is 4. The summed E-state index contributed by atoms with van der Waals surface area (Å²) in [6.07, 6.45) is 0. The Labute approximate surface area is 234 Å². The van der Waals surface area contributed by atoms with Gasteiger partial charge in [0.1, 0.15) is 13.2 Å². The Hall–Kier alpha value is -4.68. The van der Waals surface area contributed by atoms with Crippen LogP contribution < -0.4 is 0 Å². The van der Waals surface area contributed by atoms with E-state index in [2.05, 4.69) is 52.0 Å². The summed E-state index contributed by atoms with van der Waals surface area (Å²) in [6.45, 7) is 9.40. The summed E-state index contributed by atoms with van der Waals surface area (Å²) in [6, 6.07) is 24.7. The first kappa shape index (κ1) is 25.6. The number of hydrogen-bond donors (Lipinski definition) is 0. The molecule has 0 saturated heterocycles. The van der Waals surface area contributed by atoms with E-state index in [0.29, 0.717) is 59.1 Å². The van der Waals surface area contributed by atoms with Crippen molar-refractivity contribution in [2.75, 3.05) is 13.2 Å². The van der Waals surface area contributed by atoms with E-state index in [0.717, 1.165) is 32.7 Å². The molecule has 0 saturated carbocycles. The van der Waals surface area contributed by atoms with Crippen molar-refractivity contribution < 1.29 is 9.47 Å². The molecule has 6 rings (SSSR count). The molecule has 0 aliphatic carbocycles. The average Bonchev–Trinajstić information content (AvgIpc) is 3.66. The Kier molecular flexibility index (Phi) is 6.48. The van der Waals surface area contributed by atoms with Gasteiger partial charge < -0.3 is 9.47 Å². The molecule has 2 aliphatic rings. The molecular formula is C34H30N4O2. The average molecular weight is 527 g/mol.